The van der Waals surface area contributed by atoms with Gasteiger partial charge in [0, 0.05) is 37.3 Å². The van der Waals surface area contributed by atoms with Gasteiger partial charge in [-0.05, 0) is 25.5 Å². The van der Waals surface area contributed by atoms with Gasteiger partial charge in [-0.2, -0.15) is 5.26 Å². The molecule has 2 rings (SSSR count). The summed E-state index contributed by atoms with van der Waals surface area (Å²) in [5, 5.41) is 23.8. The topological polar surface area (TPSA) is 101 Å². The number of methoxy groups -OCH3 is 1. The number of fused-ring (bicyclic) bond motifs is 1. The van der Waals surface area contributed by atoms with E-state index in [4.69, 9.17) is 4.74 Å². The smallest absolute Gasteiger partial charge is 0.270 e. The van der Waals surface area contributed by atoms with Gasteiger partial charge in [0.05, 0.1) is 22.1 Å². The minimum Gasteiger partial charge on any atom is -0.385 e. The summed E-state index contributed by atoms with van der Waals surface area (Å²) in [5.74, 6) is 0.571. The molecule has 7 heteroatoms. The maximum absolute atomic E-state index is 10.8. The summed E-state index contributed by atoms with van der Waals surface area (Å²) >= 11 is 0. The summed E-state index contributed by atoms with van der Waals surface area (Å²) in [6.45, 7) is 2.62. The predicted octanol–water partition coefficient (Wildman–Crippen LogP) is 2.85. The second-order valence-corrected chi connectivity index (χ2v) is 4.95. The summed E-state index contributed by atoms with van der Waals surface area (Å²) in [5.41, 5.74) is 0.848. The van der Waals surface area contributed by atoms with E-state index in [1.807, 2.05) is 6.92 Å². The van der Waals surface area contributed by atoms with E-state index in [-0.39, 0.29) is 11.7 Å². The molecule has 0 aliphatic heterocycles. The Kier molecular flexibility index (Phi) is 4.86. The van der Waals surface area contributed by atoms with Crippen LogP contribution >= 0.6 is 0 Å². The third kappa shape index (κ3) is 3.48. The highest BCUT2D eigenvalue weighted by Crippen LogP contribution is 2.25. The molecule has 1 heterocycles. The molecular formula is C15H16N4O3. The van der Waals surface area contributed by atoms with Crippen molar-refractivity contribution in [3.8, 4) is 6.07 Å². The first-order valence-electron chi connectivity index (χ1n) is 6.80. The number of hydrogen-bond donors (Lipinski definition) is 1. The number of pyridine rings is 1. The van der Waals surface area contributed by atoms with Crippen molar-refractivity contribution in [2.24, 2.45) is 0 Å². The average Bonchev–Trinajstić information content (AvgIpc) is 2.51. The number of anilines is 1. The van der Waals surface area contributed by atoms with Crippen LogP contribution in [0.1, 0.15) is 18.9 Å². The van der Waals surface area contributed by atoms with Gasteiger partial charge in [-0.1, -0.05) is 0 Å². The number of non-ortho nitro benzene ring substituents is 1. The Bertz CT molecular complexity index is 739. The van der Waals surface area contributed by atoms with Crippen LogP contribution in [0.2, 0.25) is 0 Å². The molecule has 2 aromatic rings. The normalized spacial score (nSPS) is 11.9. The van der Waals surface area contributed by atoms with Gasteiger partial charge in [-0.3, -0.25) is 10.1 Å². The van der Waals surface area contributed by atoms with Gasteiger partial charge in [-0.25, -0.2) is 4.98 Å². The predicted molar refractivity (Wildman–Crippen MR) is 82.7 cm³/mol. The van der Waals surface area contributed by atoms with Crippen molar-refractivity contribution in [2.75, 3.05) is 19.0 Å². The Morgan fingerprint density at radius 1 is 1.50 bits per heavy atom. The molecule has 0 aliphatic rings. The molecule has 0 unspecified atom stereocenters. The zero-order valence-corrected chi connectivity index (χ0v) is 12.4. The van der Waals surface area contributed by atoms with E-state index < -0.39 is 4.92 Å². The molecule has 0 saturated carbocycles. The first-order chi connectivity index (χ1) is 10.5. The Hall–Kier alpha value is -2.72. The van der Waals surface area contributed by atoms with Crippen molar-refractivity contribution in [3.63, 3.8) is 0 Å². The van der Waals surface area contributed by atoms with Gasteiger partial charge in [0.25, 0.3) is 5.69 Å². The van der Waals surface area contributed by atoms with Crippen molar-refractivity contribution in [3.05, 3.63) is 39.9 Å². The lowest BCUT2D eigenvalue weighted by Gasteiger charge is -2.14. The third-order valence-electron chi connectivity index (χ3n) is 3.27. The Labute approximate surface area is 127 Å². The SMILES string of the molecule is COCC[C@H](C)Nc1cc(C#N)c2cc([N+](=O)[O-])ccc2n1. The number of nitro groups is 1. The van der Waals surface area contributed by atoms with Gasteiger partial charge in [-0.15, -0.1) is 0 Å². The van der Waals surface area contributed by atoms with Crippen LogP contribution in [-0.2, 0) is 4.74 Å². The number of nitrogens with one attached hydrogen (secondary N) is 1. The van der Waals surface area contributed by atoms with E-state index in [0.29, 0.717) is 28.9 Å². The minimum absolute atomic E-state index is 0.0556. The summed E-state index contributed by atoms with van der Waals surface area (Å²) in [6, 6.07) is 8.12. The van der Waals surface area contributed by atoms with Crippen LogP contribution in [0.4, 0.5) is 11.5 Å². The number of benzene rings is 1. The summed E-state index contributed by atoms with van der Waals surface area (Å²) in [7, 11) is 1.64. The van der Waals surface area contributed by atoms with E-state index in [9.17, 15) is 15.4 Å². The Morgan fingerprint density at radius 3 is 2.91 bits per heavy atom. The largest absolute Gasteiger partial charge is 0.385 e. The van der Waals surface area contributed by atoms with Crippen LogP contribution in [0, 0.1) is 21.4 Å². The second-order valence-electron chi connectivity index (χ2n) is 4.95. The highest BCUT2D eigenvalue weighted by atomic mass is 16.6. The molecule has 7 nitrogen and oxygen atoms in total. The maximum atomic E-state index is 10.8. The molecule has 1 aromatic carbocycles. The zero-order chi connectivity index (χ0) is 16.1. The van der Waals surface area contributed by atoms with Crippen LogP contribution in [-0.4, -0.2) is 29.7 Å². The van der Waals surface area contributed by atoms with Crippen molar-refractivity contribution in [2.45, 2.75) is 19.4 Å². The van der Waals surface area contributed by atoms with E-state index in [1.165, 1.54) is 12.1 Å². The lowest BCUT2D eigenvalue weighted by Crippen LogP contribution is -2.18. The van der Waals surface area contributed by atoms with Gasteiger partial charge < -0.3 is 10.1 Å². The number of nitriles is 1. The fraction of sp³-hybridized carbons (Fsp3) is 0.333. The summed E-state index contributed by atoms with van der Waals surface area (Å²) in [6.07, 6.45) is 0.804. The van der Waals surface area contributed by atoms with Crippen molar-refractivity contribution >= 4 is 22.4 Å². The van der Waals surface area contributed by atoms with Crippen LogP contribution in [0.3, 0.4) is 0 Å². The fourth-order valence-corrected chi connectivity index (χ4v) is 2.11. The maximum Gasteiger partial charge on any atom is 0.270 e. The quantitative estimate of drug-likeness (QED) is 0.650. The Morgan fingerprint density at radius 2 is 2.27 bits per heavy atom. The van der Waals surface area contributed by atoms with Gasteiger partial charge >= 0.3 is 0 Å². The lowest BCUT2D eigenvalue weighted by molar-refractivity contribution is -0.384. The molecule has 22 heavy (non-hydrogen) atoms. The monoisotopic (exact) mass is 300 g/mol. The number of aromatic nitrogens is 1. The molecule has 0 aliphatic carbocycles. The van der Waals surface area contributed by atoms with E-state index >= 15 is 0 Å². The van der Waals surface area contributed by atoms with Crippen LogP contribution in [0.5, 0.6) is 0 Å². The van der Waals surface area contributed by atoms with Crippen LogP contribution < -0.4 is 5.32 Å². The molecular weight excluding hydrogens is 284 g/mol. The first-order valence-corrected chi connectivity index (χ1v) is 6.80. The molecule has 1 atom stereocenters. The molecule has 1 N–H and O–H groups in total. The molecule has 0 radical (unpaired) electrons. The van der Waals surface area contributed by atoms with E-state index in [1.54, 1.807) is 19.2 Å². The lowest BCUT2D eigenvalue weighted by atomic mass is 10.1. The van der Waals surface area contributed by atoms with E-state index in [2.05, 4.69) is 16.4 Å². The number of nitrogens with zero attached hydrogens (tertiary/aromatic N) is 3. The second kappa shape index (κ2) is 6.83. The van der Waals surface area contributed by atoms with Crippen LogP contribution in [0.15, 0.2) is 24.3 Å². The van der Waals surface area contributed by atoms with E-state index in [0.717, 1.165) is 6.42 Å². The molecule has 114 valence electrons. The molecule has 0 bridgehead atoms. The summed E-state index contributed by atoms with van der Waals surface area (Å²) < 4.78 is 5.02. The van der Waals surface area contributed by atoms with Gasteiger partial charge in [0.2, 0.25) is 0 Å². The number of hydrogen-bond acceptors (Lipinski definition) is 6. The van der Waals surface area contributed by atoms with Crippen LogP contribution in [0.25, 0.3) is 10.9 Å². The first kappa shape index (κ1) is 15.7. The zero-order valence-electron chi connectivity index (χ0n) is 12.4. The standard InChI is InChI=1S/C15H16N4O3/c1-10(5-6-22-2)17-15-7-11(9-16)13-8-12(19(20)21)3-4-14(13)18-15/h3-4,7-8,10H,5-6H2,1-2H3,(H,17,18)/t10-/m0/s1. The average molecular weight is 300 g/mol. The Balaban J connectivity index is 2.37. The number of nitro benzene ring substituents is 1. The highest BCUT2D eigenvalue weighted by molar-refractivity contribution is 5.88. The number of ether oxygens (including phenoxy) is 1. The third-order valence-corrected chi connectivity index (χ3v) is 3.27. The van der Waals surface area contributed by atoms with Gasteiger partial charge in [0.1, 0.15) is 5.82 Å². The number of rotatable bonds is 6. The molecule has 1 aromatic heterocycles. The minimum atomic E-state index is -0.487. The highest BCUT2D eigenvalue weighted by Gasteiger charge is 2.12. The van der Waals surface area contributed by atoms with Crippen molar-refractivity contribution in [1.82, 2.24) is 4.98 Å². The molecule has 0 fully saturated rings. The molecule has 0 amide bonds. The van der Waals surface area contributed by atoms with Crippen molar-refractivity contribution in [1.29, 1.82) is 5.26 Å². The van der Waals surface area contributed by atoms with Crippen molar-refractivity contribution < 1.29 is 9.66 Å². The summed E-state index contributed by atoms with van der Waals surface area (Å²) in [4.78, 5) is 14.8. The van der Waals surface area contributed by atoms with Gasteiger partial charge in [0.15, 0.2) is 0 Å². The molecule has 0 spiro atoms. The molecule has 0 saturated heterocycles. The fourth-order valence-electron chi connectivity index (χ4n) is 2.11.